The van der Waals surface area contributed by atoms with Crippen LogP contribution in [-0.2, 0) is 10.8 Å². The molecule has 0 aliphatic heterocycles. The van der Waals surface area contributed by atoms with Gasteiger partial charge in [-0.25, -0.2) is 15.0 Å². The van der Waals surface area contributed by atoms with E-state index in [-0.39, 0.29) is 5.41 Å². The third-order valence-corrected chi connectivity index (χ3v) is 12.4. The van der Waals surface area contributed by atoms with Gasteiger partial charge in [-0.1, -0.05) is 196 Å². The van der Waals surface area contributed by atoms with Crippen LogP contribution in [0, 0.1) is 0 Å². The Morgan fingerprint density at radius 2 is 0.655 bits per heavy atom. The Morgan fingerprint density at radius 3 is 1.21 bits per heavy atom. The Morgan fingerprint density at radius 1 is 0.276 bits per heavy atom. The van der Waals surface area contributed by atoms with Crippen LogP contribution in [-0.4, -0.2) is 15.0 Å². The molecule has 9 aromatic rings. The van der Waals surface area contributed by atoms with E-state index in [2.05, 4.69) is 153 Å². The summed E-state index contributed by atoms with van der Waals surface area (Å²) in [6.45, 7) is 4.75. The summed E-state index contributed by atoms with van der Waals surface area (Å²) in [6, 6.07) is 72.2. The number of rotatable bonds is 5. The van der Waals surface area contributed by atoms with E-state index in [1.54, 1.807) is 0 Å². The number of nitrogens with zero attached hydrogens (tertiary/aromatic N) is 3. The summed E-state index contributed by atoms with van der Waals surface area (Å²) in [5.41, 5.74) is 17.7. The van der Waals surface area contributed by atoms with Crippen LogP contribution in [0.3, 0.4) is 0 Å². The van der Waals surface area contributed by atoms with Gasteiger partial charge in [-0.05, 0) is 85.0 Å². The van der Waals surface area contributed by atoms with Crippen molar-refractivity contribution in [1.82, 2.24) is 15.0 Å². The molecule has 58 heavy (non-hydrogen) atoms. The fourth-order valence-electron chi connectivity index (χ4n) is 9.69. The highest BCUT2D eigenvalue weighted by atomic mass is 15.0. The lowest BCUT2D eigenvalue weighted by molar-refractivity contribution is 0.563. The molecule has 1 spiro atoms. The van der Waals surface area contributed by atoms with Gasteiger partial charge in [-0.2, -0.15) is 0 Å². The molecule has 0 saturated heterocycles. The van der Waals surface area contributed by atoms with Crippen molar-refractivity contribution in [2.75, 3.05) is 0 Å². The first kappa shape index (κ1) is 34.1. The largest absolute Gasteiger partial charge is 0.208 e. The van der Waals surface area contributed by atoms with Crippen LogP contribution in [0.5, 0.6) is 0 Å². The predicted octanol–water partition coefficient (Wildman–Crippen LogP) is 13.2. The third-order valence-electron chi connectivity index (χ3n) is 12.4. The highest BCUT2D eigenvalue weighted by molar-refractivity contribution is 5.90. The Kier molecular flexibility index (Phi) is 7.74. The van der Waals surface area contributed by atoms with Crippen molar-refractivity contribution in [2.24, 2.45) is 0 Å². The van der Waals surface area contributed by atoms with Gasteiger partial charge in [0.25, 0.3) is 0 Å². The summed E-state index contributed by atoms with van der Waals surface area (Å²) in [5, 5.41) is 0. The van der Waals surface area contributed by atoms with E-state index < -0.39 is 5.41 Å². The number of hydrogen-bond donors (Lipinski definition) is 0. The smallest absolute Gasteiger partial charge is 0.164 e. The minimum atomic E-state index is -0.432. The second kappa shape index (κ2) is 13.2. The first-order valence-electron chi connectivity index (χ1n) is 20.0. The van der Waals surface area contributed by atoms with Gasteiger partial charge < -0.3 is 0 Å². The molecule has 0 atom stereocenters. The summed E-state index contributed by atoms with van der Waals surface area (Å²) in [6.07, 6.45) is 0. The van der Waals surface area contributed by atoms with Crippen LogP contribution in [0.25, 0.3) is 67.5 Å². The molecule has 0 fully saturated rings. The van der Waals surface area contributed by atoms with Crippen LogP contribution < -0.4 is 0 Å². The van der Waals surface area contributed by atoms with E-state index in [1.807, 2.05) is 60.7 Å². The molecule has 0 bridgehead atoms. The molecule has 1 aromatic heterocycles. The normalized spacial score (nSPS) is 14.0. The Hall–Kier alpha value is -7.23. The fourth-order valence-corrected chi connectivity index (χ4v) is 9.69. The molecule has 274 valence electrons. The van der Waals surface area contributed by atoms with Gasteiger partial charge in [0, 0.05) is 22.1 Å². The summed E-state index contributed by atoms with van der Waals surface area (Å²) in [7, 11) is 0. The van der Waals surface area contributed by atoms with E-state index in [1.165, 1.54) is 55.6 Å². The van der Waals surface area contributed by atoms with Crippen LogP contribution in [0.4, 0.5) is 0 Å². The maximum Gasteiger partial charge on any atom is 0.164 e. The second-order valence-corrected chi connectivity index (χ2v) is 16.0. The Balaban J connectivity index is 1.04. The first-order chi connectivity index (χ1) is 28.5. The SMILES string of the molecule is CC1(C)c2ccccc2C2(c3ccccc3-c3ccc(-c4cccc(-c5cccc(-c6nc(-c7ccccc7)nc(-c7ccccc7)n6)c5)c4)cc32)c2ccccc21. The number of fused-ring (bicyclic) bond motifs is 9. The highest BCUT2D eigenvalue weighted by Crippen LogP contribution is 2.62. The zero-order chi connectivity index (χ0) is 38.8. The quantitative estimate of drug-likeness (QED) is 0.176. The average molecular weight is 742 g/mol. The molecular weight excluding hydrogens is 703 g/mol. The average Bonchev–Trinajstić information content (AvgIpc) is 3.59. The van der Waals surface area contributed by atoms with Gasteiger partial charge in [0.2, 0.25) is 0 Å². The monoisotopic (exact) mass is 741 g/mol. The molecule has 0 amide bonds. The van der Waals surface area contributed by atoms with E-state index in [0.717, 1.165) is 27.8 Å². The molecule has 3 nitrogen and oxygen atoms in total. The fraction of sp³-hybridized carbons (Fsp3) is 0.0727. The van der Waals surface area contributed by atoms with Crippen LogP contribution in [0.1, 0.15) is 47.2 Å². The molecule has 8 aromatic carbocycles. The maximum absolute atomic E-state index is 5.01. The van der Waals surface area contributed by atoms with Gasteiger partial charge in [-0.3, -0.25) is 0 Å². The third kappa shape index (κ3) is 5.17. The molecule has 3 heteroatoms. The second-order valence-electron chi connectivity index (χ2n) is 16.0. The minimum Gasteiger partial charge on any atom is -0.208 e. The molecule has 0 radical (unpaired) electrons. The van der Waals surface area contributed by atoms with E-state index in [4.69, 9.17) is 15.0 Å². The van der Waals surface area contributed by atoms with Gasteiger partial charge in [-0.15, -0.1) is 0 Å². The van der Waals surface area contributed by atoms with Gasteiger partial charge in [0.05, 0.1) is 5.41 Å². The van der Waals surface area contributed by atoms with Crippen molar-refractivity contribution in [3.05, 3.63) is 234 Å². The zero-order valence-electron chi connectivity index (χ0n) is 32.4. The predicted molar refractivity (Wildman–Crippen MR) is 236 cm³/mol. The van der Waals surface area contributed by atoms with Crippen LogP contribution in [0.2, 0.25) is 0 Å². The molecule has 2 aliphatic carbocycles. The van der Waals surface area contributed by atoms with Gasteiger partial charge in [0.15, 0.2) is 17.5 Å². The van der Waals surface area contributed by atoms with Crippen molar-refractivity contribution < 1.29 is 0 Å². The van der Waals surface area contributed by atoms with Crippen LogP contribution >= 0.6 is 0 Å². The summed E-state index contributed by atoms with van der Waals surface area (Å²) in [5.74, 6) is 1.95. The first-order valence-corrected chi connectivity index (χ1v) is 20.0. The Labute approximate surface area is 339 Å². The molecule has 0 unspecified atom stereocenters. The van der Waals surface area contributed by atoms with Crippen molar-refractivity contribution in [3.8, 4) is 67.5 Å². The lowest BCUT2D eigenvalue weighted by Crippen LogP contribution is -2.40. The molecule has 1 heterocycles. The lowest BCUT2D eigenvalue weighted by Gasteiger charge is -2.46. The van der Waals surface area contributed by atoms with Gasteiger partial charge >= 0.3 is 0 Å². The summed E-state index contributed by atoms with van der Waals surface area (Å²) < 4.78 is 0. The maximum atomic E-state index is 5.01. The van der Waals surface area contributed by atoms with Crippen molar-refractivity contribution in [1.29, 1.82) is 0 Å². The highest BCUT2D eigenvalue weighted by Gasteiger charge is 2.53. The number of benzene rings is 8. The molecule has 0 saturated carbocycles. The van der Waals surface area contributed by atoms with Crippen molar-refractivity contribution >= 4 is 0 Å². The standard InChI is InChI=1S/C55H39N3/c1-54(2)46-27-11-13-29-48(46)55(49-30-14-12-28-47(49)54)45-26-10-9-25-43(45)44-32-31-41(35-50(44)55)39-22-15-21-38(33-39)40-23-16-24-42(34-40)53-57-51(36-17-5-3-6-18-36)56-52(58-53)37-19-7-4-8-20-37/h3-35H,1-2H3. The Bertz CT molecular complexity index is 2930. The van der Waals surface area contributed by atoms with Crippen LogP contribution in [0.15, 0.2) is 200 Å². The lowest BCUT2D eigenvalue weighted by atomic mass is 9.55. The summed E-state index contributed by atoms with van der Waals surface area (Å²) >= 11 is 0. The van der Waals surface area contributed by atoms with E-state index >= 15 is 0 Å². The summed E-state index contributed by atoms with van der Waals surface area (Å²) in [4.78, 5) is 14.9. The topological polar surface area (TPSA) is 38.7 Å². The van der Waals surface area contributed by atoms with E-state index in [9.17, 15) is 0 Å². The van der Waals surface area contributed by atoms with Crippen molar-refractivity contribution in [2.45, 2.75) is 24.7 Å². The molecule has 0 N–H and O–H groups in total. The molecule has 11 rings (SSSR count). The molecule has 2 aliphatic rings. The minimum absolute atomic E-state index is 0.135. The van der Waals surface area contributed by atoms with Gasteiger partial charge in [0.1, 0.15) is 0 Å². The van der Waals surface area contributed by atoms with Crippen molar-refractivity contribution in [3.63, 3.8) is 0 Å². The zero-order valence-corrected chi connectivity index (χ0v) is 32.4. The molecular formula is C55H39N3. The number of aromatic nitrogens is 3. The number of hydrogen-bond acceptors (Lipinski definition) is 3. The van der Waals surface area contributed by atoms with E-state index in [0.29, 0.717) is 17.5 Å².